The molecule has 0 saturated carbocycles. The average molecular weight is 270 g/mol. The molecule has 0 spiro atoms. The molecule has 3 N–H and O–H groups in total. The summed E-state index contributed by atoms with van der Waals surface area (Å²) in [6.45, 7) is 2.67. The minimum Gasteiger partial charge on any atom is -0.496 e. The third-order valence-corrected chi connectivity index (χ3v) is 3.50. The Morgan fingerprint density at radius 1 is 1.05 bits per heavy atom. The van der Waals surface area contributed by atoms with Gasteiger partial charge in [-0.25, -0.2) is 0 Å². The fraction of sp³-hybridized carbons (Fsp3) is 0.294. The number of hydrogen-bond acceptors (Lipinski definition) is 3. The van der Waals surface area contributed by atoms with Crippen LogP contribution in [-0.2, 0) is 0 Å². The molecule has 0 aromatic heterocycles. The summed E-state index contributed by atoms with van der Waals surface area (Å²) in [5, 5.41) is 3.57. The molecule has 2 unspecified atom stereocenters. The van der Waals surface area contributed by atoms with Crippen LogP contribution in [0.25, 0.3) is 0 Å². The fourth-order valence-corrected chi connectivity index (χ4v) is 2.38. The van der Waals surface area contributed by atoms with Crippen LogP contribution in [-0.4, -0.2) is 13.7 Å². The Kier molecular flexibility index (Phi) is 5.16. The molecule has 0 saturated heterocycles. The molecule has 0 fully saturated rings. The van der Waals surface area contributed by atoms with Crippen LogP contribution in [0.2, 0.25) is 0 Å². The molecule has 2 atom stereocenters. The van der Waals surface area contributed by atoms with Gasteiger partial charge >= 0.3 is 0 Å². The molecule has 0 amide bonds. The van der Waals surface area contributed by atoms with Crippen LogP contribution in [0.4, 0.5) is 0 Å². The predicted molar refractivity (Wildman–Crippen MR) is 82.8 cm³/mol. The lowest BCUT2D eigenvalue weighted by Crippen LogP contribution is -2.30. The van der Waals surface area contributed by atoms with Crippen LogP contribution in [0.3, 0.4) is 0 Å². The van der Waals surface area contributed by atoms with Crippen LogP contribution < -0.4 is 15.8 Å². The van der Waals surface area contributed by atoms with Crippen molar-refractivity contribution in [3.05, 3.63) is 65.7 Å². The van der Waals surface area contributed by atoms with Crippen LogP contribution in [0, 0.1) is 0 Å². The summed E-state index contributed by atoms with van der Waals surface area (Å²) in [6.07, 6.45) is 0. The van der Waals surface area contributed by atoms with Gasteiger partial charge in [-0.2, -0.15) is 0 Å². The summed E-state index contributed by atoms with van der Waals surface area (Å²) in [4.78, 5) is 0. The van der Waals surface area contributed by atoms with Gasteiger partial charge in [0.1, 0.15) is 5.75 Å². The molecule has 20 heavy (non-hydrogen) atoms. The van der Waals surface area contributed by atoms with Crippen molar-refractivity contribution in [2.24, 2.45) is 5.73 Å². The van der Waals surface area contributed by atoms with Gasteiger partial charge in [-0.3, -0.25) is 0 Å². The van der Waals surface area contributed by atoms with Crippen LogP contribution in [0.15, 0.2) is 54.6 Å². The first-order valence-corrected chi connectivity index (χ1v) is 6.90. The zero-order valence-electron chi connectivity index (χ0n) is 12.0. The van der Waals surface area contributed by atoms with E-state index in [1.165, 1.54) is 5.56 Å². The second kappa shape index (κ2) is 7.08. The summed E-state index contributed by atoms with van der Waals surface area (Å²) < 4.78 is 5.42. The van der Waals surface area contributed by atoms with Gasteiger partial charge in [-0.1, -0.05) is 48.5 Å². The molecule has 0 aliphatic carbocycles. The lowest BCUT2D eigenvalue weighted by atomic mass is 10.0. The maximum Gasteiger partial charge on any atom is 0.123 e. The number of nitrogens with one attached hydrogen (secondary N) is 1. The van der Waals surface area contributed by atoms with Gasteiger partial charge in [-0.05, 0) is 18.6 Å². The molecule has 2 aromatic carbocycles. The Morgan fingerprint density at radius 2 is 1.70 bits per heavy atom. The van der Waals surface area contributed by atoms with Gasteiger partial charge in [-0.15, -0.1) is 0 Å². The molecular formula is C17H22N2O. The summed E-state index contributed by atoms with van der Waals surface area (Å²) in [5.74, 6) is 0.871. The van der Waals surface area contributed by atoms with Gasteiger partial charge < -0.3 is 15.8 Å². The van der Waals surface area contributed by atoms with Crippen molar-refractivity contribution >= 4 is 0 Å². The van der Waals surface area contributed by atoms with Crippen LogP contribution in [0.5, 0.6) is 5.75 Å². The van der Waals surface area contributed by atoms with E-state index in [2.05, 4.69) is 30.4 Å². The zero-order valence-corrected chi connectivity index (χ0v) is 12.0. The summed E-state index contributed by atoms with van der Waals surface area (Å²) >= 11 is 0. The van der Waals surface area contributed by atoms with E-state index in [-0.39, 0.29) is 12.1 Å². The molecule has 0 aliphatic heterocycles. The van der Waals surface area contributed by atoms with E-state index in [0.717, 1.165) is 11.3 Å². The maximum absolute atomic E-state index is 5.94. The predicted octanol–water partition coefficient (Wildman–Crippen LogP) is 3.05. The maximum atomic E-state index is 5.94. The van der Waals surface area contributed by atoms with Crippen molar-refractivity contribution in [2.75, 3.05) is 13.7 Å². The van der Waals surface area contributed by atoms with E-state index in [9.17, 15) is 0 Å². The summed E-state index contributed by atoms with van der Waals surface area (Å²) in [7, 11) is 1.69. The van der Waals surface area contributed by atoms with Gasteiger partial charge in [0.25, 0.3) is 0 Å². The highest BCUT2D eigenvalue weighted by Gasteiger charge is 2.17. The Morgan fingerprint density at radius 3 is 2.35 bits per heavy atom. The lowest BCUT2D eigenvalue weighted by Gasteiger charge is -2.24. The Bertz CT molecular complexity index is 528. The SMILES string of the molecule is COc1ccccc1C(CN)NC(C)c1ccccc1. The van der Waals surface area contributed by atoms with Gasteiger partial charge in [0.15, 0.2) is 0 Å². The molecule has 0 heterocycles. The van der Waals surface area contributed by atoms with E-state index in [0.29, 0.717) is 6.54 Å². The first kappa shape index (κ1) is 14.6. The molecule has 2 aromatic rings. The number of nitrogens with two attached hydrogens (primary N) is 1. The minimum atomic E-state index is 0.0707. The Balaban J connectivity index is 2.17. The van der Waals surface area contributed by atoms with E-state index in [1.807, 2.05) is 36.4 Å². The second-order valence-corrected chi connectivity index (χ2v) is 4.83. The van der Waals surface area contributed by atoms with Crippen molar-refractivity contribution in [1.82, 2.24) is 5.32 Å². The normalized spacial score (nSPS) is 13.8. The Labute approximate surface area is 120 Å². The zero-order chi connectivity index (χ0) is 14.4. The third-order valence-electron chi connectivity index (χ3n) is 3.50. The highest BCUT2D eigenvalue weighted by atomic mass is 16.5. The standard InChI is InChI=1S/C17H22N2O/c1-13(14-8-4-3-5-9-14)19-16(12-18)15-10-6-7-11-17(15)20-2/h3-11,13,16,19H,12,18H2,1-2H3. The monoisotopic (exact) mass is 270 g/mol. The molecule has 0 bridgehead atoms. The van der Waals surface area contributed by atoms with Crippen LogP contribution >= 0.6 is 0 Å². The molecule has 0 aliphatic rings. The van der Waals surface area contributed by atoms with Crippen molar-refractivity contribution in [3.63, 3.8) is 0 Å². The van der Waals surface area contributed by atoms with Crippen molar-refractivity contribution in [2.45, 2.75) is 19.0 Å². The van der Waals surface area contributed by atoms with E-state index < -0.39 is 0 Å². The van der Waals surface area contributed by atoms with E-state index in [1.54, 1.807) is 7.11 Å². The third kappa shape index (κ3) is 3.38. The average Bonchev–Trinajstić information content (AvgIpc) is 2.53. The largest absolute Gasteiger partial charge is 0.496 e. The first-order valence-electron chi connectivity index (χ1n) is 6.90. The summed E-state index contributed by atoms with van der Waals surface area (Å²) in [5.41, 5.74) is 8.28. The number of methoxy groups -OCH3 is 1. The van der Waals surface area contributed by atoms with Crippen molar-refractivity contribution < 1.29 is 4.74 Å². The van der Waals surface area contributed by atoms with Crippen LogP contribution in [0.1, 0.15) is 30.1 Å². The van der Waals surface area contributed by atoms with Gasteiger partial charge in [0, 0.05) is 24.2 Å². The quantitative estimate of drug-likeness (QED) is 0.848. The number of rotatable bonds is 6. The minimum absolute atomic E-state index is 0.0707. The highest BCUT2D eigenvalue weighted by molar-refractivity contribution is 5.36. The Hall–Kier alpha value is -1.84. The smallest absolute Gasteiger partial charge is 0.123 e. The van der Waals surface area contributed by atoms with E-state index >= 15 is 0 Å². The highest BCUT2D eigenvalue weighted by Crippen LogP contribution is 2.26. The molecule has 106 valence electrons. The van der Waals surface area contributed by atoms with Gasteiger partial charge in [0.05, 0.1) is 7.11 Å². The van der Waals surface area contributed by atoms with E-state index in [4.69, 9.17) is 10.5 Å². The second-order valence-electron chi connectivity index (χ2n) is 4.83. The van der Waals surface area contributed by atoms with Gasteiger partial charge in [0.2, 0.25) is 0 Å². The lowest BCUT2D eigenvalue weighted by molar-refractivity contribution is 0.393. The molecular weight excluding hydrogens is 248 g/mol. The number of hydrogen-bond donors (Lipinski definition) is 2. The molecule has 3 nitrogen and oxygen atoms in total. The van der Waals surface area contributed by atoms with Crippen molar-refractivity contribution in [3.8, 4) is 5.75 Å². The number of ether oxygens (including phenoxy) is 1. The number of para-hydroxylation sites is 1. The topological polar surface area (TPSA) is 47.3 Å². The van der Waals surface area contributed by atoms with Crippen molar-refractivity contribution in [1.29, 1.82) is 0 Å². The molecule has 3 heteroatoms. The molecule has 0 radical (unpaired) electrons. The number of benzene rings is 2. The fourth-order valence-electron chi connectivity index (χ4n) is 2.38. The molecule has 2 rings (SSSR count). The first-order chi connectivity index (χ1) is 9.76. The summed E-state index contributed by atoms with van der Waals surface area (Å²) in [6, 6.07) is 18.7.